The van der Waals surface area contributed by atoms with Crippen molar-refractivity contribution in [3.63, 3.8) is 0 Å². The summed E-state index contributed by atoms with van der Waals surface area (Å²) in [4.78, 5) is 12.8. The van der Waals surface area contributed by atoms with E-state index in [0.717, 1.165) is 43.4 Å². The molecule has 1 aliphatic rings. The molecule has 0 atom stereocenters. The van der Waals surface area contributed by atoms with Crippen molar-refractivity contribution in [3.8, 4) is 0 Å². The van der Waals surface area contributed by atoms with Gasteiger partial charge in [-0.05, 0) is 61.9 Å². The standard InChI is InChI=1S/C19H34OS/c1-5-8-9-13-17(12-6-2)18(7-3)19(20)16-21(4)14-10-11-15-21/h8-9H,5-7,10-16H2,1-4H3. The molecular formula is C19H34OS. The average molecular weight is 311 g/mol. The predicted molar refractivity (Wildman–Crippen MR) is 98.6 cm³/mol. The maximum atomic E-state index is 12.8. The lowest BCUT2D eigenvalue weighted by Crippen LogP contribution is -2.17. The van der Waals surface area contributed by atoms with Crippen LogP contribution in [0.15, 0.2) is 23.3 Å². The van der Waals surface area contributed by atoms with E-state index in [4.69, 9.17) is 0 Å². The molecule has 0 aromatic carbocycles. The van der Waals surface area contributed by atoms with Crippen LogP contribution in [-0.4, -0.2) is 29.3 Å². The molecule has 0 amide bonds. The normalized spacial score (nSPS) is 20.6. The van der Waals surface area contributed by atoms with Gasteiger partial charge in [0.05, 0.1) is 0 Å². The monoisotopic (exact) mass is 310 g/mol. The number of carbonyl (C=O) groups excluding carboxylic acids is 1. The van der Waals surface area contributed by atoms with Crippen LogP contribution in [0.5, 0.6) is 0 Å². The van der Waals surface area contributed by atoms with Gasteiger partial charge in [0.25, 0.3) is 0 Å². The van der Waals surface area contributed by atoms with Gasteiger partial charge in [0.2, 0.25) is 0 Å². The lowest BCUT2D eigenvalue weighted by molar-refractivity contribution is -0.113. The largest absolute Gasteiger partial charge is 0.294 e. The van der Waals surface area contributed by atoms with Crippen molar-refractivity contribution in [1.29, 1.82) is 0 Å². The first-order valence-electron chi connectivity index (χ1n) is 8.66. The minimum Gasteiger partial charge on any atom is -0.294 e. The molecule has 2 heteroatoms. The zero-order chi connectivity index (χ0) is 15.7. The van der Waals surface area contributed by atoms with Crippen LogP contribution in [0, 0.1) is 0 Å². The molecule has 0 unspecified atom stereocenters. The Kier molecular flexibility index (Phi) is 8.39. The third kappa shape index (κ3) is 6.02. The van der Waals surface area contributed by atoms with E-state index in [2.05, 4.69) is 39.2 Å². The molecule has 0 bridgehead atoms. The zero-order valence-electron chi connectivity index (χ0n) is 14.5. The van der Waals surface area contributed by atoms with Crippen molar-refractivity contribution in [2.24, 2.45) is 0 Å². The Morgan fingerprint density at radius 1 is 1.10 bits per heavy atom. The highest BCUT2D eigenvalue weighted by Gasteiger charge is 2.27. The number of rotatable bonds is 9. The van der Waals surface area contributed by atoms with Crippen molar-refractivity contribution >= 4 is 15.8 Å². The summed E-state index contributed by atoms with van der Waals surface area (Å²) < 4.78 is 0. The van der Waals surface area contributed by atoms with E-state index < -0.39 is 10.0 Å². The summed E-state index contributed by atoms with van der Waals surface area (Å²) in [6, 6.07) is 0. The molecule has 0 spiro atoms. The third-order valence-corrected chi connectivity index (χ3v) is 7.95. The van der Waals surface area contributed by atoms with Crippen molar-refractivity contribution in [2.45, 2.75) is 65.7 Å². The van der Waals surface area contributed by atoms with Gasteiger partial charge in [-0.3, -0.25) is 4.79 Å². The van der Waals surface area contributed by atoms with Crippen LogP contribution < -0.4 is 0 Å². The van der Waals surface area contributed by atoms with E-state index in [0.29, 0.717) is 5.78 Å². The van der Waals surface area contributed by atoms with Crippen LogP contribution >= 0.6 is 10.0 Å². The van der Waals surface area contributed by atoms with Crippen LogP contribution in [0.3, 0.4) is 0 Å². The second-order valence-corrected chi connectivity index (χ2v) is 10.5. The molecule has 0 saturated carbocycles. The van der Waals surface area contributed by atoms with Crippen LogP contribution in [-0.2, 0) is 4.79 Å². The molecule has 21 heavy (non-hydrogen) atoms. The van der Waals surface area contributed by atoms with Crippen LogP contribution in [0.2, 0.25) is 0 Å². The summed E-state index contributed by atoms with van der Waals surface area (Å²) in [5.41, 5.74) is 2.55. The molecule has 1 nitrogen and oxygen atoms in total. The van der Waals surface area contributed by atoms with Crippen LogP contribution in [0.4, 0.5) is 0 Å². The molecule has 0 radical (unpaired) electrons. The highest BCUT2D eigenvalue weighted by atomic mass is 32.3. The van der Waals surface area contributed by atoms with Crippen molar-refractivity contribution in [1.82, 2.24) is 0 Å². The van der Waals surface area contributed by atoms with Gasteiger partial charge in [-0.1, -0.05) is 44.9 Å². The molecule has 1 aliphatic heterocycles. The number of ketones is 1. The minimum absolute atomic E-state index is 0.463. The Morgan fingerprint density at radius 3 is 2.29 bits per heavy atom. The quantitative estimate of drug-likeness (QED) is 0.397. The van der Waals surface area contributed by atoms with Gasteiger partial charge >= 0.3 is 0 Å². The fourth-order valence-electron chi connectivity index (χ4n) is 3.27. The zero-order valence-corrected chi connectivity index (χ0v) is 15.4. The summed E-state index contributed by atoms with van der Waals surface area (Å²) in [6.45, 7) is 6.53. The molecule has 122 valence electrons. The molecule has 1 fully saturated rings. The Morgan fingerprint density at radius 2 is 1.76 bits per heavy atom. The number of Topliss-reactive ketones (excluding diaryl/α,β-unsaturated/α-hetero) is 1. The van der Waals surface area contributed by atoms with E-state index in [1.54, 1.807) is 0 Å². The molecule has 0 N–H and O–H groups in total. The Balaban J connectivity index is 2.84. The van der Waals surface area contributed by atoms with Gasteiger partial charge in [0.15, 0.2) is 5.78 Å². The van der Waals surface area contributed by atoms with E-state index in [9.17, 15) is 4.79 Å². The number of carbonyl (C=O) groups is 1. The SMILES string of the molecule is CCC=CCC(CCC)=C(CC)C(=O)CS1(C)CCCC1. The first-order valence-corrected chi connectivity index (χ1v) is 11.2. The van der Waals surface area contributed by atoms with E-state index in [-0.39, 0.29) is 0 Å². The molecule has 1 heterocycles. The Bertz CT molecular complexity index is 386. The lowest BCUT2D eigenvalue weighted by Gasteiger charge is -2.30. The highest BCUT2D eigenvalue weighted by Crippen LogP contribution is 2.50. The summed E-state index contributed by atoms with van der Waals surface area (Å²) in [6.07, 6.45) is 14.7. The molecule has 0 aromatic rings. The number of allylic oxidation sites excluding steroid dienone is 4. The predicted octanol–water partition coefficient (Wildman–Crippen LogP) is 5.65. The second kappa shape index (κ2) is 9.50. The molecule has 1 saturated heterocycles. The maximum absolute atomic E-state index is 12.8. The average Bonchev–Trinajstić information content (AvgIpc) is 2.86. The first kappa shape index (κ1) is 18.5. The molecule has 0 aliphatic carbocycles. The van der Waals surface area contributed by atoms with E-state index >= 15 is 0 Å². The Hall–Kier alpha value is -0.500. The summed E-state index contributed by atoms with van der Waals surface area (Å²) in [7, 11) is -0.633. The second-order valence-electron chi connectivity index (χ2n) is 6.43. The van der Waals surface area contributed by atoms with E-state index in [1.165, 1.54) is 29.9 Å². The highest BCUT2D eigenvalue weighted by molar-refractivity contribution is 8.33. The smallest absolute Gasteiger partial charge is 0.167 e. The number of hydrogen-bond acceptors (Lipinski definition) is 1. The Labute approximate surface area is 133 Å². The fourth-order valence-corrected chi connectivity index (χ4v) is 6.37. The van der Waals surface area contributed by atoms with Crippen molar-refractivity contribution in [2.75, 3.05) is 23.5 Å². The molecule has 1 rings (SSSR count). The van der Waals surface area contributed by atoms with Gasteiger partial charge in [-0.25, -0.2) is 10.0 Å². The minimum atomic E-state index is -0.633. The molecule has 0 aromatic heterocycles. The summed E-state index contributed by atoms with van der Waals surface area (Å²) in [5.74, 6) is 3.94. The lowest BCUT2D eigenvalue weighted by atomic mass is 9.96. The van der Waals surface area contributed by atoms with Gasteiger partial charge < -0.3 is 0 Å². The molecular weight excluding hydrogens is 276 g/mol. The van der Waals surface area contributed by atoms with Gasteiger partial charge in [0.1, 0.15) is 0 Å². The van der Waals surface area contributed by atoms with Gasteiger partial charge in [0, 0.05) is 5.75 Å². The van der Waals surface area contributed by atoms with Crippen LogP contribution in [0.25, 0.3) is 0 Å². The third-order valence-electron chi connectivity index (χ3n) is 4.44. The summed E-state index contributed by atoms with van der Waals surface area (Å²) in [5, 5.41) is 0. The number of hydrogen-bond donors (Lipinski definition) is 0. The fraction of sp³-hybridized carbons (Fsp3) is 0.737. The van der Waals surface area contributed by atoms with Gasteiger partial charge in [-0.2, -0.15) is 0 Å². The topological polar surface area (TPSA) is 17.1 Å². The summed E-state index contributed by atoms with van der Waals surface area (Å²) >= 11 is 0. The first-order chi connectivity index (χ1) is 10.1. The van der Waals surface area contributed by atoms with E-state index in [1.807, 2.05) is 0 Å². The van der Waals surface area contributed by atoms with Crippen LogP contribution in [0.1, 0.15) is 65.7 Å². The van der Waals surface area contributed by atoms with Crippen molar-refractivity contribution in [3.05, 3.63) is 23.3 Å². The maximum Gasteiger partial charge on any atom is 0.167 e. The van der Waals surface area contributed by atoms with Gasteiger partial charge in [-0.15, -0.1) is 0 Å². The van der Waals surface area contributed by atoms with Crippen molar-refractivity contribution < 1.29 is 4.79 Å².